The molecule has 1 N–H and O–H groups in total. The summed E-state index contributed by atoms with van der Waals surface area (Å²) in [4.78, 5) is 1.62. The Morgan fingerprint density at radius 3 is 2.31 bits per heavy atom. The van der Waals surface area contributed by atoms with Crippen LogP contribution in [0.3, 0.4) is 0 Å². The lowest BCUT2D eigenvalue weighted by Crippen LogP contribution is -2.69. The Bertz CT molecular complexity index is 175. The van der Waals surface area contributed by atoms with Gasteiger partial charge in [0.15, 0.2) is 5.60 Å². The molecule has 0 aromatic rings. The lowest BCUT2D eigenvalue weighted by atomic mass is 9.93. The van der Waals surface area contributed by atoms with Crippen molar-refractivity contribution in [1.82, 2.24) is 4.90 Å². The summed E-state index contributed by atoms with van der Waals surface area (Å²) in [5.74, 6) is 0. The second kappa shape index (κ2) is 3.46. The third-order valence-electron chi connectivity index (χ3n) is 2.33. The van der Waals surface area contributed by atoms with Gasteiger partial charge < -0.3 is 5.11 Å². The van der Waals surface area contributed by atoms with E-state index in [0.29, 0.717) is 6.54 Å². The minimum atomic E-state index is -4.48. The molecule has 1 aliphatic rings. The second-order valence-electron chi connectivity index (χ2n) is 3.59. The van der Waals surface area contributed by atoms with Crippen LogP contribution in [0.5, 0.6) is 0 Å². The van der Waals surface area contributed by atoms with Crippen molar-refractivity contribution in [2.75, 3.05) is 19.6 Å². The van der Waals surface area contributed by atoms with Gasteiger partial charge in [-0.05, 0) is 13.0 Å². The van der Waals surface area contributed by atoms with Gasteiger partial charge in [-0.2, -0.15) is 13.2 Å². The monoisotopic (exact) mass is 197 g/mol. The van der Waals surface area contributed by atoms with E-state index in [1.165, 1.54) is 0 Å². The molecule has 1 fully saturated rings. The highest BCUT2D eigenvalue weighted by molar-refractivity contribution is 5.00. The van der Waals surface area contributed by atoms with Crippen LogP contribution in [0.4, 0.5) is 13.2 Å². The molecule has 0 atom stereocenters. The summed E-state index contributed by atoms with van der Waals surface area (Å²) < 4.78 is 36.3. The van der Waals surface area contributed by atoms with E-state index in [4.69, 9.17) is 5.11 Å². The third kappa shape index (κ3) is 2.14. The molecule has 0 saturated carbocycles. The number of alkyl halides is 3. The number of aliphatic hydroxyl groups is 1. The Labute approximate surface area is 75.3 Å². The van der Waals surface area contributed by atoms with Crippen LogP contribution in [-0.2, 0) is 0 Å². The molecule has 0 amide bonds. The molecular weight excluding hydrogens is 183 g/mol. The van der Waals surface area contributed by atoms with Crippen molar-refractivity contribution in [3.05, 3.63) is 0 Å². The summed E-state index contributed by atoms with van der Waals surface area (Å²) in [6.07, 6.45) is -2.63. The van der Waals surface area contributed by atoms with E-state index >= 15 is 0 Å². The Balaban J connectivity index is 2.31. The van der Waals surface area contributed by atoms with Crippen molar-refractivity contribution in [2.24, 2.45) is 0 Å². The molecule has 0 radical (unpaired) electrons. The predicted molar refractivity (Wildman–Crippen MR) is 42.4 cm³/mol. The first-order valence-electron chi connectivity index (χ1n) is 4.40. The minimum Gasteiger partial charge on any atom is -0.378 e. The summed E-state index contributed by atoms with van der Waals surface area (Å²) >= 11 is 0. The zero-order chi connectivity index (χ0) is 10.1. The molecular formula is C8H14F3NO. The fourth-order valence-electron chi connectivity index (χ4n) is 1.41. The fourth-order valence-corrected chi connectivity index (χ4v) is 1.41. The summed E-state index contributed by atoms with van der Waals surface area (Å²) in [6.45, 7) is 2.09. The molecule has 1 saturated heterocycles. The average molecular weight is 197 g/mol. The predicted octanol–water partition coefficient (Wildman–Crippen LogP) is 1.40. The molecule has 0 aromatic heterocycles. The van der Waals surface area contributed by atoms with Crippen molar-refractivity contribution in [1.29, 1.82) is 0 Å². The molecule has 78 valence electrons. The van der Waals surface area contributed by atoms with Gasteiger partial charge in [0.2, 0.25) is 0 Å². The Morgan fingerprint density at radius 1 is 1.38 bits per heavy atom. The van der Waals surface area contributed by atoms with Gasteiger partial charge in [0, 0.05) is 13.1 Å². The second-order valence-corrected chi connectivity index (χ2v) is 3.59. The van der Waals surface area contributed by atoms with Crippen LogP contribution >= 0.6 is 0 Å². The van der Waals surface area contributed by atoms with Gasteiger partial charge in [0.25, 0.3) is 0 Å². The van der Waals surface area contributed by atoms with Gasteiger partial charge in [-0.3, -0.25) is 4.90 Å². The number of rotatable bonds is 3. The largest absolute Gasteiger partial charge is 0.419 e. The van der Waals surface area contributed by atoms with E-state index in [1.54, 1.807) is 4.90 Å². The molecule has 1 rings (SSSR count). The highest BCUT2D eigenvalue weighted by Crippen LogP contribution is 2.37. The van der Waals surface area contributed by atoms with Crippen LogP contribution in [0.25, 0.3) is 0 Å². The molecule has 0 aromatic carbocycles. The summed E-state index contributed by atoms with van der Waals surface area (Å²) in [5.41, 5.74) is -2.44. The van der Waals surface area contributed by atoms with Crippen molar-refractivity contribution in [3.63, 3.8) is 0 Å². The maximum Gasteiger partial charge on any atom is 0.419 e. The van der Waals surface area contributed by atoms with E-state index in [9.17, 15) is 13.2 Å². The number of nitrogens with zero attached hydrogens (tertiary/aromatic N) is 1. The number of hydrogen-bond donors (Lipinski definition) is 1. The molecule has 1 aliphatic heterocycles. The Hall–Kier alpha value is -0.290. The molecule has 0 bridgehead atoms. The van der Waals surface area contributed by atoms with Crippen molar-refractivity contribution < 1.29 is 18.3 Å². The van der Waals surface area contributed by atoms with Crippen molar-refractivity contribution in [2.45, 2.75) is 31.5 Å². The first-order chi connectivity index (χ1) is 5.89. The normalized spacial score (nSPS) is 22.8. The van der Waals surface area contributed by atoms with Crippen molar-refractivity contribution in [3.8, 4) is 0 Å². The Kier molecular flexibility index (Phi) is 2.87. The molecule has 2 nitrogen and oxygen atoms in total. The van der Waals surface area contributed by atoms with E-state index in [1.807, 2.05) is 6.92 Å². The van der Waals surface area contributed by atoms with Gasteiger partial charge in [0.1, 0.15) is 0 Å². The molecule has 0 spiro atoms. The van der Waals surface area contributed by atoms with Gasteiger partial charge in [0.05, 0.1) is 0 Å². The van der Waals surface area contributed by atoms with E-state index in [0.717, 1.165) is 12.8 Å². The molecule has 1 heterocycles. The minimum absolute atomic E-state index is 0.267. The summed E-state index contributed by atoms with van der Waals surface area (Å²) in [6, 6.07) is 0. The summed E-state index contributed by atoms with van der Waals surface area (Å²) in [7, 11) is 0. The number of unbranched alkanes of at least 4 members (excludes halogenated alkanes) is 1. The first kappa shape index (κ1) is 10.8. The van der Waals surface area contributed by atoms with Crippen LogP contribution in [0.1, 0.15) is 19.8 Å². The van der Waals surface area contributed by atoms with Crippen LogP contribution in [0, 0.1) is 0 Å². The number of likely N-dealkylation sites (tertiary alicyclic amines) is 1. The third-order valence-corrected chi connectivity index (χ3v) is 2.33. The van der Waals surface area contributed by atoms with Crippen LogP contribution in [0.2, 0.25) is 0 Å². The van der Waals surface area contributed by atoms with Crippen LogP contribution in [-0.4, -0.2) is 41.4 Å². The maximum atomic E-state index is 12.1. The van der Waals surface area contributed by atoms with E-state index < -0.39 is 11.8 Å². The number of hydrogen-bond acceptors (Lipinski definition) is 2. The fraction of sp³-hybridized carbons (Fsp3) is 1.00. The van der Waals surface area contributed by atoms with Gasteiger partial charge in [-0.25, -0.2) is 0 Å². The lowest BCUT2D eigenvalue weighted by Gasteiger charge is -2.47. The highest BCUT2D eigenvalue weighted by Gasteiger charge is 2.60. The van der Waals surface area contributed by atoms with E-state index in [-0.39, 0.29) is 13.1 Å². The smallest absolute Gasteiger partial charge is 0.378 e. The van der Waals surface area contributed by atoms with Gasteiger partial charge in [-0.1, -0.05) is 13.3 Å². The van der Waals surface area contributed by atoms with Crippen LogP contribution < -0.4 is 0 Å². The zero-order valence-corrected chi connectivity index (χ0v) is 7.56. The van der Waals surface area contributed by atoms with Gasteiger partial charge in [-0.15, -0.1) is 0 Å². The average Bonchev–Trinajstić information content (AvgIpc) is 1.93. The highest BCUT2D eigenvalue weighted by atomic mass is 19.4. The molecule has 13 heavy (non-hydrogen) atoms. The zero-order valence-electron chi connectivity index (χ0n) is 7.56. The number of halogens is 3. The van der Waals surface area contributed by atoms with Crippen LogP contribution in [0.15, 0.2) is 0 Å². The SMILES string of the molecule is CCCCN1CC(O)(C(F)(F)F)C1. The molecule has 5 heteroatoms. The van der Waals surface area contributed by atoms with Crippen molar-refractivity contribution >= 4 is 0 Å². The lowest BCUT2D eigenvalue weighted by molar-refractivity contribution is -0.301. The number of β-amino-alcohol motifs (C(OH)–C–C–N with tert-alkyl or cyclic N) is 1. The molecule has 0 aliphatic carbocycles. The topological polar surface area (TPSA) is 23.5 Å². The standard InChI is InChI=1S/C8H14F3NO/c1-2-3-4-12-5-7(13,6-12)8(9,10)11/h13H,2-6H2,1H3. The quantitative estimate of drug-likeness (QED) is 0.739. The van der Waals surface area contributed by atoms with Gasteiger partial charge >= 0.3 is 6.18 Å². The maximum absolute atomic E-state index is 12.1. The summed E-state index contributed by atoms with van der Waals surface area (Å²) in [5, 5.41) is 9.05. The van der Waals surface area contributed by atoms with E-state index in [2.05, 4.69) is 0 Å². The Morgan fingerprint density at radius 2 is 1.92 bits per heavy atom. The first-order valence-corrected chi connectivity index (χ1v) is 4.40. The molecule has 0 unspecified atom stereocenters.